The van der Waals surface area contributed by atoms with Crippen molar-refractivity contribution in [1.29, 1.82) is 5.26 Å². The zero-order valence-corrected chi connectivity index (χ0v) is 12.8. The Morgan fingerprint density at radius 3 is 2.95 bits per heavy atom. The molecule has 0 saturated carbocycles. The molecule has 0 bridgehead atoms. The van der Waals surface area contributed by atoms with Crippen LogP contribution in [0.5, 0.6) is 0 Å². The van der Waals surface area contributed by atoms with E-state index in [1.807, 2.05) is 6.08 Å². The SMILES string of the molecule is C=CCc1c(CC(C)CC)ccc2c1C(CC#N)CC2. The van der Waals surface area contributed by atoms with Crippen molar-refractivity contribution in [2.24, 2.45) is 5.92 Å². The Morgan fingerprint density at radius 2 is 2.30 bits per heavy atom. The fourth-order valence-electron chi connectivity index (χ4n) is 3.37. The highest BCUT2D eigenvalue weighted by Crippen LogP contribution is 2.39. The molecule has 2 rings (SSSR count). The summed E-state index contributed by atoms with van der Waals surface area (Å²) >= 11 is 0. The molecule has 1 nitrogen and oxygen atoms in total. The van der Waals surface area contributed by atoms with Gasteiger partial charge in [-0.15, -0.1) is 6.58 Å². The summed E-state index contributed by atoms with van der Waals surface area (Å²) in [5.41, 5.74) is 5.89. The van der Waals surface area contributed by atoms with Gasteiger partial charge in [0, 0.05) is 6.42 Å². The molecule has 0 spiro atoms. The summed E-state index contributed by atoms with van der Waals surface area (Å²) < 4.78 is 0. The van der Waals surface area contributed by atoms with Gasteiger partial charge in [0.1, 0.15) is 0 Å². The van der Waals surface area contributed by atoms with Crippen LogP contribution in [0.2, 0.25) is 0 Å². The smallest absolute Gasteiger partial charge is 0.0628 e. The van der Waals surface area contributed by atoms with Crippen LogP contribution in [0, 0.1) is 17.2 Å². The minimum absolute atomic E-state index is 0.446. The van der Waals surface area contributed by atoms with E-state index in [0.29, 0.717) is 18.3 Å². The van der Waals surface area contributed by atoms with Crippen molar-refractivity contribution in [2.45, 2.75) is 58.3 Å². The number of benzene rings is 1. The average molecular weight is 267 g/mol. The largest absolute Gasteiger partial charge is 0.198 e. The first kappa shape index (κ1) is 14.9. The topological polar surface area (TPSA) is 23.8 Å². The molecule has 0 fully saturated rings. The maximum absolute atomic E-state index is 9.06. The molecular weight excluding hydrogens is 242 g/mol. The summed E-state index contributed by atoms with van der Waals surface area (Å²) in [5, 5.41) is 9.06. The first-order chi connectivity index (χ1) is 9.71. The number of allylic oxidation sites excluding steroid dienone is 1. The van der Waals surface area contributed by atoms with Crippen molar-refractivity contribution in [3.8, 4) is 6.07 Å². The predicted molar refractivity (Wildman–Crippen MR) is 84.8 cm³/mol. The number of fused-ring (bicyclic) bond motifs is 1. The van der Waals surface area contributed by atoms with Gasteiger partial charge in [-0.1, -0.05) is 38.5 Å². The van der Waals surface area contributed by atoms with Gasteiger partial charge < -0.3 is 0 Å². The Labute approximate surface area is 123 Å². The Bertz CT molecular complexity index is 521. The van der Waals surface area contributed by atoms with Crippen LogP contribution in [0.4, 0.5) is 0 Å². The van der Waals surface area contributed by atoms with E-state index in [9.17, 15) is 0 Å². The molecule has 0 radical (unpaired) electrons. The standard InChI is InChI=1S/C19H25N/c1-4-6-18-17(13-14(3)5-2)10-9-15-7-8-16(11-12-20)19(15)18/h4,9-10,14,16H,1,5-8,11,13H2,2-3H3. The molecule has 1 heteroatoms. The van der Waals surface area contributed by atoms with Crippen LogP contribution < -0.4 is 0 Å². The number of rotatable bonds is 6. The van der Waals surface area contributed by atoms with Crippen molar-refractivity contribution < 1.29 is 0 Å². The highest BCUT2D eigenvalue weighted by molar-refractivity contribution is 5.47. The second-order valence-corrected chi connectivity index (χ2v) is 6.08. The van der Waals surface area contributed by atoms with Crippen LogP contribution in [-0.4, -0.2) is 0 Å². The zero-order valence-electron chi connectivity index (χ0n) is 12.8. The van der Waals surface area contributed by atoms with Crippen LogP contribution in [0.25, 0.3) is 0 Å². The zero-order chi connectivity index (χ0) is 14.5. The first-order valence-corrected chi connectivity index (χ1v) is 7.82. The monoisotopic (exact) mass is 267 g/mol. The van der Waals surface area contributed by atoms with Gasteiger partial charge in [-0.25, -0.2) is 0 Å². The van der Waals surface area contributed by atoms with E-state index in [-0.39, 0.29) is 0 Å². The van der Waals surface area contributed by atoms with E-state index < -0.39 is 0 Å². The summed E-state index contributed by atoms with van der Waals surface area (Å²) in [6.07, 6.45) is 8.24. The van der Waals surface area contributed by atoms with E-state index in [4.69, 9.17) is 5.26 Å². The van der Waals surface area contributed by atoms with Crippen molar-refractivity contribution in [3.05, 3.63) is 47.0 Å². The summed E-state index contributed by atoms with van der Waals surface area (Å²) in [7, 11) is 0. The Balaban J connectivity index is 2.42. The lowest BCUT2D eigenvalue weighted by Crippen LogP contribution is -2.06. The molecular formula is C19H25N. The maximum atomic E-state index is 9.06. The molecule has 1 aliphatic rings. The van der Waals surface area contributed by atoms with Gasteiger partial charge in [0.05, 0.1) is 6.07 Å². The number of nitriles is 1. The maximum Gasteiger partial charge on any atom is 0.0628 e. The minimum Gasteiger partial charge on any atom is -0.198 e. The van der Waals surface area contributed by atoms with Gasteiger partial charge in [-0.05, 0) is 59.8 Å². The molecule has 0 aromatic heterocycles. The third kappa shape index (κ3) is 2.96. The van der Waals surface area contributed by atoms with Crippen molar-refractivity contribution >= 4 is 0 Å². The number of nitrogens with zero attached hydrogens (tertiary/aromatic N) is 1. The highest BCUT2D eigenvalue weighted by atomic mass is 14.3. The summed E-state index contributed by atoms with van der Waals surface area (Å²) in [6, 6.07) is 6.99. The second kappa shape index (κ2) is 6.75. The quantitative estimate of drug-likeness (QED) is 0.669. The molecule has 1 aromatic carbocycles. The highest BCUT2D eigenvalue weighted by Gasteiger charge is 2.26. The summed E-state index contributed by atoms with van der Waals surface area (Å²) in [6.45, 7) is 8.50. The fourth-order valence-corrected chi connectivity index (χ4v) is 3.37. The Hall–Kier alpha value is -1.55. The van der Waals surface area contributed by atoms with Gasteiger partial charge >= 0.3 is 0 Å². The lowest BCUT2D eigenvalue weighted by Gasteiger charge is -2.19. The van der Waals surface area contributed by atoms with E-state index in [1.54, 1.807) is 0 Å². The first-order valence-electron chi connectivity index (χ1n) is 7.82. The molecule has 0 heterocycles. The minimum atomic E-state index is 0.446. The molecule has 0 N–H and O–H groups in total. The van der Waals surface area contributed by atoms with Gasteiger partial charge in [-0.3, -0.25) is 0 Å². The molecule has 20 heavy (non-hydrogen) atoms. The van der Waals surface area contributed by atoms with Gasteiger partial charge in [-0.2, -0.15) is 5.26 Å². The Kier molecular flexibility index (Phi) is 5.01. The Morgan fingerprint density at radius 1 is 1.50 bits per heavy atom. The molecule has 1 aromatic rings. The molecule has 2 atom stereocenters. The molecule has 106 valence electrons. The molecule has 0 saturated heterocycles. The van der Waals surface area contributed by atoms with Gasteiger partial charge in [0.2, 0.25) is 0 Å². The molecule has 0 amide bonds. The fraction of sp³-hybridized carbons (Fsp3) is 0.526. The normalized spacial score (nSPS) is 18.4. The third-order valence-electron chi connectivity index (χ3n) is 4.67. The molecule has 2 unspecified atom stereocenters. The van der Waals surface area contributed by atoms with E-state index in [0.717, 1.165) is 25.7 Å². The summed E-state index contributed by atoms with van der Waals surface area (Å²) in [5.74, 6) is 1.16. The number of aryl methyl sites for hydroxylation is 1. The predicted octanol–water partition coefficient (Wildman–Crippen LogP) is 4.95. The number of hydrogen-bond acceptors (Lipinski definition) is 1. The van der Waals surface area contributed by atoms with Gasteiger partial charge in [0.25, 0.3) is 0 Å². The summed E-state index contributed by atoms with van der Waals surface area (Å²) in [4.78, 5) is 0. The van der Waals surface area contributed by atoms with Gasteiger partial charge in [0.15, 0.2) is 0 Å². The van der Waals surface area contributed by atoms with Crippen LogP contribution in [0.3, 0.4) is 0 Å². The van der Waals surface area contributed by atoms with E-state index in [2.05, 4.69) is 38.6 Å². The van der Waals surface area contributed by atoms with Crippen LogP contribution in [-0.2, 0) is 19.3 Å². The van der Waals surface area contributed by atoms with Crippen molar-refractivity contribution in [3.63, 3.8) is 0 Å². The lowest BCUT2D eigenvalue weighted by molar-refractivity contribution is 0.557. The van der Waals surface area contributed by atoms with Crippen molar-refractivity contribution in [1.82, 2.24) is 0 Å². The van der Waals surface area contributed by atoms with Crippen LogP contribution >= 0.6 is 0 Å². The third-order valence-corrected chi connectivity index (χ3v) is 4.67. The van der Waals surface area contributed by atoms with Crippen molar-refractivity contribution in [2.75, 3.05) is 0 Å². The van der Waals surface area contributed by atoms with E-state index in [1.165, 1.54) is 28.7 Å². The molecule has 1 aliphatic carbocycles. The van der Waals surface area contributed by atoms with E-state index >= 15 is 0 Å². The average Bonchev–Trinajstić information content (AvgIpc) is 2.85. The van der Waals surface area contributed by atoms with Crippen LogP contribution in [0.15, 0.2) is 24.8 Å². The van der Waals surface area contributed by atoms with Crippen LogP contribution in [0.1, 0.15) is 61.3 Å². The second-order valence-electron chi connectivity index (χ2n) is 6.08. The molecule has 0 aliphatic heterocycles. The lowest BCUT2D eigenvalue weighted by atomic mass is 9.85. The number of hydrogen-bond donors (Lipinski definition) is 0.